The van der Waals surface area contributed by atoms with Crippen molar-refractivity contribution in [3.63, 3.8) is 0 Å². The van der Waals surface area contributed by atoms with Crippen molar-refractivity contribution in [2.45, 2.75) is 110 Å². The van der Waals surface area contributed by atoms with E-state index >= 15 is 0 Å². The number of unbranched alkanes of at least 4 members (excludes halogenated alkanes) is 15. The minimum Gasteiger partial charge on any atom is -0.696 e. The summed E-state index contributed by atoms with van der Waals surface area (Å²) < 4.78 is 1.12. The lowest BCUT2D eigenvalue weighted by Crippen LogP contribution is -2.35. The number of rotatable bonds is 17. The number of hydrogen-bond donors (Lipinski definition) is 0. The first-order valence-corrected chi connectivity index (χ1v) is 11.2. The second-order valence-electron chi connectivity index (χ2n) is 8.41. The molecule has 0 saturated carbocycles. The van der Waals surface area contributed by atoms with Crippen LogP contribution in [0.5, 0.6) is 0 Å². The van der Waals surface area contributed by atoms with Gasteiger partial charge in [-0.3, -0.25) is 0 Å². The van der Waals surface area contributed by atoms with Crippen molar-refractivity contribution in [3.8, 4) is 5.40 Å². The van der Waals surface area contributed by atoms with Gasteiger partial charge in [-0.05, 0) is 12.8 Å². The quantitative estimate of drug-likeness (QED) is 0.119. The normalized spacial score (nSPS) is 10.8. The molecule has 3 heteroatoms. The van der Waals surface area contributed by atoms with E-state index in [4.69, 9.17) is 5.26 Å². The van der Waals surface area contributed by atoms with Crippen LogP contribution >= 0.6 is 0 Å². The highest BCUT2D eigenvalue weighted by molar-refractivity contribution is 7.64. The van der Waals surface area contributed by atoms with E-state index in [-0.39, 0.29) is 0 Å². The molecular weight excluding hydrogens is 324 g/mol. The van der Waals surface area contributed by atoms with Gasteiger partial charge in [0.1, 0.15) is 0 Å². The standard InChI is InChI=1S/C21H46N.CHNS/c1-5-6-7-8-9-10-11-12-13-14-15-16-17-18-19-20-21-22(2,3)4;2-1-3/h5-21H2,1-4H3;3H/q+1;/p-1. The first kappa shape index (κ1) is 26.9. The summed E-state index contributed by atoms with van der Waals surface area (Å²) in [7, 11) is 6.89. The van der Waals surface area contributed by atoms with E-state index in [0.717, 1.165) is 4.48 Å². The highest BCUT2D eigenvalue weighted by atomic mass is 32.1. The van der Waals surface area contributed by atoms with E-state index < -0.39 is 0 Å². The van der Waals surface area contributed by atoms with Crippen LogP contribution in [0.2, 0.25) is 0 Å². The van der Waals surface area contributed by atoms with Crippen molar-refractivity contribution in [1.82, 2.24) is 0 Å². The smallest absolute Gasteiger partial charge is 0.0780 e. The van der Waals surface area contributed by atoms with Gasteiger partial charge in [0, 0.05) is 0 Å². The van der Waals surface area contributed by atoms with Gasteiger partial charge in [0.25, 0.3) is 0 Å². The minimum atomic E-state index is 1.12. The first-order valence-electron chi connectivity index (χ1n) is 10.8. The van der Waals surface area contributed by atoms with Gasteiger partial charge in [-0.15, -0.1) is 0 Å². The van der Waals surface area contributed by atoms with Gasteiger partial charge in [-0.25, -0.2) is 5.26 Å². The first-order chi connectivity index (χ1) is 12.0. The summed E-state index contributed by atoms with van der Waals surface area (Å²) in [5.74, 6) is 0. The lowest BCUT2D eigenvalue weighted by atomic mass is 10.0. The maximum atomic E-state index is 7.13. The summed E-state index contributed by atoms with van der Waals surface area (Å²) in [6, 6.07) is 0. The molecule has 0 spiro atoms. The van der Waals surface area contributed by atoms with Crippen LogP contribution in [-0.4, -0.2) is 32.2 Å². The average Bonchev–Trinajstić information content (AvgIpc) is 2.54. The zero-order valence-corrected chi connectivity index (χ0v) is 18.6. The van der Waals surface area contributed by atoms with Crippen molar-refractivity contribution < 1.29 is 4.48 Å². The van der Waals surface area contributed by atoms with Gasteiger partial charge >= 0.3 is 0 Å². The molecule has 0 aromatic carbocycles. The fourth-order valence-electron chi connectivity index (χ4n) is 3.13. The van der Waals surface area contributed by atoms with E-state index in [1.165, 1.54) is 115 Å². The highest BCUT2D eigenvalue weighted by Gasteiger charge is 2.04. The van der Waals surface area contributed by atoms with Crippen LogP contribution in [0.3, 0.4) is 0 Å². The van der Waals surface area contributed by atoms with Gasteiger partial charge in [0.05, 0.1) is 27.7 Å². The molecule has 0 amide bonds. The third-order valence-electron chi connectivity index (χ3n) is 4.68. The predicted molar refractivity (Wildman–Crippen MR) is 115 cm³/mol. The molecule has 0 aliphatic carbocycles. The van der Waals surface area contributed by atoms with Crippen molar-refractivity contribution in [2.75, 3.05) is 27.7 Å². The Hall–Kier alpha value is -0.330. The molecule has 0 aliphatic rings. The Morgan fingerprint density at radius 1 is 0.600 bits per heavy atom. The Morgan fingerprint density at radius 2 is 0.840 bits per heavy atom. The molecule has 150 valence electrons. The van der Waals surface area contributed by atoms with Gasteiger partial charge in [-0.1, -0.05) is 102 Å². The second-order valence-corrected chi connectivity index (χ2v) is 8.59. The van der Waals surface area contributed by atoms with E-state index in [1.807, 2.05) is 0 Å². The lowest BCUT2D eigenvalue weighted by molar-refractivity contribution is -0.870. The van der Waals surface area contributed by atoms with Crippen LogP contribution in [0.25, 0.3) is 0 Å². The van der Waals surface area contributed by atoms with E-state index in [2.05, 4.69) is 40.7 Å². The van der Waals surface area contributed by atoms with Crippen LogP contribution < -0.4 is 0 Å². The Kier molecular flexibility index (Phi) is 23.4. The number of nitriles is 1. The molecule has 0 radical (unpaired) electrons. The Balaban J connectivity index is 0. The maximum absolute atomic E-state index is 7.13. The van der Waals surface area contributed by atoms with Crippen LogP contribution in [0, 0.1) is 10.7 Å². The summed E-state index contributed by atoms with van der Waals surface area (Å²) >= 11 is 3.70. The van der Waals surface area contributed by atoms with Crippen molar-refractivity contribution in [1.29, 1.82) is 5.26 Å². The SMILES string of the molecule is CCCCCCCCCCCCCCCCCC[N+](C)(C)C.N#C[S-]. The minimum absolute atomic E-state index is 1.12. The fraction of sp³-hybridized carbons (Fsp3) is 0.955. The molecular formula is C22H46N2S. The summed E-state index contributed by atoms with van der Waals surface area (Å²) in [5.41, 5.74) is 0. The highest BCUT2D eigenvalue weighted by Crippen LogP contribution is 2.13. The van der Waals surface area contributed by atoms with E-state index in [1.54, 1.807) is 0 Å². The Morgan fingerprint density at radius 3 is 1.08 bits per heavy atom. The van der Waals surface area contributed by atoms with Crippen LogP contribution in [0.15, 0.2) is 0 Å². The molecule has 0 fully saturated rings. The third kappa shape index (κ3) is 31.9. The largest absolute Gasteiger partial charge is 0.696 e. The van der Waals surface area contributed by atoms with E-state index in [9.17, 15) is 0 Å². The molecule has 0 N–H and O–H groups in total. The summed E-state index contributed by atoms with van der Waals surface area (Å²) in [6.07, 6.45) is 23.4. The second kappa shape index (κ2) is 21.7. The van der Waals surface area contributed by atoms with Gasteiger partial charge in [-0.2, -0.15) is 0 Å². The monoisotopic (exact) mass is 370 g/mol. The third-order valence-corrected chi connectivity index (χ3v) is 4.68. The molecule has 0 unspecified atom stereocenters. The van der Waals surface area contributed by atoms with E-state index in [0.29, 0.717) is 0 Å². The molecule has 0 rings (SSSR count). The molecule has 0 aromatic rings. The number of thiocyanates is 1. The average molecular weight is 371 g/mol. The molecule has 0 heterocycles. The fourth-order valence-corrected chi connectivity index (χ4v) is 3.13. The number of nitrogens with zero attached hydrogens (tertiary/aromatic N) is 2. The number of quaternary nitrogens is 1. The molecule has 0 atom stereocenters. The topological polar surface area (TPSA) is 23.8 Å². The molecule has 0 aromatic heterocycles. The molecule has 2 nitrogen and oxygen atoms in total. The van der Waals surface area contributed by atoms with Crippen molar-refractivity contribution in [3.05, 3.63) is 0 Å². The van der Waals surface area contributed by atoms with Crippen molar-refractivity contribution >= 4 is 12.6 Å². The lowest BCUT2D eigenvalue weighted by Gasteiger charge is -2.23. The molecule has 25 heavy (non-hydrogen) atoms. The Bertz CT molecular complexity index is 279. The van der Waals surface area contributed by atoms with Crippen LogP contribution in [-0.2, 0) is 12.6 Å². The number of hydrogen-bond acceptors (Lipinski definition) is 2. The molecule has 0 saturated heterocycles. The van der Waals surface area contributed by atoms with Crippen LogP contribution in [0.1, 0.15) is 110 Å². The zero-order chi connectivity index (χ0) is 19.2. The van der Waals surface area contributed by atoms with Crippen molar-refractivity contribution in [2.24, 2.45) is 0 Å². The summed E-state index contributed by atoms with van der Waals surface area (Å²) in [5, 5.41) is 8.47. The maximum Gasteiger partial charge on any atom is 0.0780 e. The van der Waals surface area contributed by atoms with Gasteiger partial charge < -0.3 is 17.1 Å². The predicted octanol–water partition coefficient (Wildman–Crippen LogP) is 6.97. The zero-order valence-electron chi connectivity index (χ0n) is 17.8. The summed E-state index contributed by atoms with van der Waals surface area (Å²) in [6.45, 7) is 3.63. The summed E-state index contributed by atoms with van der Waals surface area (Å²) in [4.78, 5) is 0. The van der Waals surface area contributed by atoms with Crippen LogP contribution in [0.4, 0.5) is 0 Å². The molecule has 0 aliphatic heterocycles. The Labute approximate surface area is 165 Å². The molecule has 0 bridgehead atoms. The van der Waals surface area contributed by atoms with Gasteiger partial charge in [0.15, 0.2) is 0 Å². The van der Waals surface area contributed by atoms with Gasteiger partial charge in [0.2, 0.25) is 0 Å².